The quantitative estimate of drug-likeness (QED) is 0.800. The second kappa shape index (κ2) is 7.67. The van der Waals surface area contributed by atoms with Gasteiger partial charge in [-0.25, -0.2) is 21.6 Å². The lowest BCUT2D eigenvalue weighted by Crippen LogP contribution is -2.40. The second-order valence-electron chi connectivity index (χ2n) is 5.72. The van der Waals surface area contributed by atoms with E-state index in [0.717, 1.165) is 6.07 Å². The molecular formula is C17H15F3N2O4S. The van der Waals surface area contributed by atoms with Crippen molar-refractivity contribution in [3.05, 3.63) is 59.4 Å². The number of anilines is 1. The molecule has 10 heteroatoms. The predicted molar refractivity (Wildman–Crippen MR) is 90.3 cm³/mol. The molecule has 6 nitrogen and oxygen atoms in total. The summed E-state index contributed by atoms with van der Waals surface area (Å²) < 4.78 is 71.3. The summed E-state index contributed by atoms with van der Waals surface area (Å²) in [6.45, 7) is 1.12. The maximum atomic E-state index is 13.7. The third-order valence-electron chi connectivity index (χ3n) is 4.00. The summed E-state index contributed by atoms with van der Waals surface area (Å²) in [5.41, 5.74) is -0.496. The number of carbonyl (C=O) groups excluding carboxylic acids is 1. The Labute approximate surface area is 153 Å². The molecule has 1 amide bonds. The van der Waals surface area contributed by atoms with E-state index in [-0.39, 0.29) is 23.7 Å². The minimum atomic E-state index is -3.69. The fourth-order valence-electron chi connectivity index (χ4n) is 2.55. The molecule has 1 heterocycles. The molecule has 0 unspecified atom stereocenters. The summed E-state index contributed by atoms with van der Waals surface area (Å²) in [5, 5.41) is 2.31. The molecular weight excluding hydrogens is 385 g/mol. The van der Waals surface area contributed by atoms with Crippen LogP contribution in [-0.4, -0.2) is 44.9 Å². The van der Waals surface area contributed by atoms with E-state index < -0.39 is 38.9 Å². The zero-order chi connectivity index (χ0) is 19.6. The fraction of sp³-hybridized carbons (Fsp3) is 0.235. The van der Waals surface area contributed by atoms with Crippen LogP contribution in [0.4, 0.5) is 18.9 Å². The number of rotatable bonds is 4. The number of nitrogens with one attached hydrogen (secondary N) is 1. The normalized spacial score (nSPS) is 15.5. The standard InChI is InChI=1S/C17H15F3N2O4S/c18-14-6-5-13(15(19)16(14)20)17(23)21-11-1-3-12(4-2-11)27(24,25)22-7-9-26-10-8-22/h1-6H,7-10H2,(H,21,23). The van der Waals surface area contributed by atoms with Crippen molar-refractivity contribution in [2.75, 3.05) is 31.6 Å². The summed E-state index contributed by atoms with van der Waals surface area (Å²) in [6, 6.07) is 6.70. The van der Waals surface area contributed by atoms with Crippen LogP contribution in [0.25, 0.3) is 0 Å². The van der Waals surface area contributed by atoms with Crippen molar-refractivity contribution in [1.82, 2.24) is 4.31 Å². The highest BCUT2D eigenvalue weighted by Crippen LogP contribution is 2.21. The van der Waals surface area contributed by atoms with Crippen LogP contribution in [0.1, 0.15) is 10.4 Å². The van der Waals surface area contributed by atoms with E-state index in [1.165, 1.54) is 28.6 Å². The molecule has 0 saturated carbocycles. The number of ether oxygens (including phenoxy) is 1. The Morgan fingerprint density at radius 3 is 2.22 bits per heavy atom. The molecule has 1 aliphatic heterocycles. The number of morpholine rings is 1. The summed E-state index contributed by atoms with van der Waals surface area (Å²) in [6.07, 6.45) is 0. The van der Waals surface area contributed by atoms with Crippen molar-refractivity contribution in [2.45, 2.75) is 4.90 Å². The van der Waals surface area contributed by atoms with Gasteiger partial charge in [0.1, 0.15) is 0 Å². The Balaban J connectivity index is 1.76. The molecule has 0 aromatic heterocycles. The van der Waals surface area contributed by atoms with E-state index >= 15 is 0 Å². The molecule has 2 aromatic carbocycles. The first kappa shape index (κ1) is 19.3. The van der Waals surface area contributed by atoms with Crippen LogP contribution in [0.3, 0.4) is 0 Å². The summed E-state index contributed by atoms with van der Waals surface area (Å²) in [4.78, 5) is 12.1. The number of benzene rings is 2. The molecule has 144 valence electrons. The molecule has 0 bridgehead atoms. The fourth-order valence-corrected chi connectivity index (χ4v) is 3.95. The largest absolute Gasteiger partial charge is 0.379 e. The van der Waals surface area contributed by atoms with E-state index in [9.17, 15) is 26.4 Å². The van der Waals surface area contributed by atoms with Crippen LogP contribution in [0.5, 0.6) is 0 Å². The van der Waals surface area contributed by atoms with E-state index in [1.54, 1.807) is 0 Å². The summed E-state index contributed by atoms with van der Waals surface area (Å²) >= 11 is 0. The smallest absolute Gasteiger partial charge is 0.258 e. The van der Waals surface area contributed by atoms with Gasteiger partial charge in [0.2, 0.25) is 10.0 Å². The van der Waals surface area contributed by atoms with E-state index in [2.05, 4.69) is 5.32 Å². The molecule has 0 atom stereocenters. The minimum absolute atomic E-state index is 0.0291. The molecule has 2 aromatic rings. The SMILES string of the molecule is O=C(Nc1ccc(S(=O)(=O)N2CCOCC2)cc1)c1ccc(F)c(F)c1F. The topological polar surface area (TPSA) is 75.7 Å². The van der Waals surface area contributed by atoms with Gasteiger partial charge >= 0.3 is 0 Å². The molecule has 1 N–H and O–H groups in total. The average Bonchev–Trinajstić information content (AvgIpc) is 2.67. The van der Waals surface area contributed by atoms with Crippen LogP contribution < -0.4 is 5.32 Å². The maximum Gasteiger partial charge on any atom is 0.258 e. The highest BCUT2D eigenvalue weighted by molar-refractivity contribution is 7.89. The Bertz CT molecular complexity index is 959. The van der Waals surface area contributed by atoms with Gasteiger partial charge in [-0.1, -0.05) is 0 Å². The highest BCUT2D eigenvalue weighted by atomic mass is 32.2. The third kappa shape index (κ3) is 3.97. The molecule has 1 aliphatic rings. The van der Waals surface area contributed by atoms with Gasteiger partial charge in [-0.2, -0.15) is 4.31 Å². The number of halogens is 3. The summed E-state index contributed by atoms with van der Waals surface area (Å²) in [5.74, 6) is -5.73. The van der Waals surface area contributed by atoms with Crippen LogP contribution in [0, 0.1) is 17.5 Å². The lowest BCUT2D eigenvalue weighted by atomic mass is 10.1. The lowest BCUT2D eigenvalue weighted by Gasteiger charge is -2.26. The van der Waals surface area contributed by atoms with Gasteiger partial charge in [-0.15, -0.1) is 0 Å². The molecule has 3 rings (SSSR count). The zero-order valence-corrected chi connectivity index (χ0v) is 14.7. The lowest BCUT2D eigenvalue weighted by molar-refractivity contribution is 0.0730. The van der Waals surface area contributed by atoms with Gasteiger partial charge in [-0.3, -0.25) is 4.79 Å². The predicted octanol–water partition coefficient (Wildman–Crippen LogP) is 2.38. The number of hydrogen-bond acceptors (Lipinski definition) is 4. The van der Waals surface area contributed by atoms with Gasteiger partial charge < -0.3 is 10.1 Å². The van der Waals surface area contributed by atoms with Crippen molar-refractivity contribution in [1.29, 1.82) is 0 Å². The number of amides is 1. The van der Waals surface area contributed by atoms with Crippen molar-refractivity contribution in [2.24, 2.45) is 0 Å². The Morgan fingerprint density at radius 1 is 0.963 bits per heavy atom. The Kier molecular flexibility index (Phi) is 5.49. The highest BCUT2D eigenvalue weighted by Gasteiger charge is 2.26. The number of hydrogen-bond donors (Lipinski definition) is 1. The van der Waals surface area contributed by atoms with Crippen molar-refractivity contribution in [3.8, 4) is 0 Å². The van der Waals surface area contributed by atoms with Gasteiger partial charge in [0.25, 0.3) is 5.91 Å². The van der Waals surface area contributed by atoms with Gasteiger partial charge in [0.15, 0.2) is 17.5 Å². The molecule has 1 saturated heterocycles. The zero-order valence-electron chi connectivity index (χ0n) is 13.9. The number of sulfonamides is 1. The first-order valence-corrected chi connectivity index (χ1v) is 9.37. The van der Waals surface area contributed by atoms with Crippen LogP contribution >= 0.6 is 0 Å². The number of nitrogens with zero attached hydrogens (tertiary/aromatic N) is 1. The van der Waals surface area contributed by atoms with Crippen molar-refractivity contribution >= 4 is 21.6 Å². The minimum Gasteiger partial charge on any atom is -0.379 e. The molecule has 0 spiro atoms. The van der Waals surface area contributed by atoms with E-state index in [1.807, 2.05) is 0 Å². The van der Waals surface area contributed by atoms with E-state index in [4.69, 9.17) is 4.74 Å². The van der Waals surface area contributed by atoms with Crippen LogP contribution in [0.2, 0.25) is 0 Å². The van der Waals surface area contributed by atoms with Crippen LogP contribution in [0.15, 0.2) is 41.3 Å². The molecule has 0 aliphatic carbocycles. The van der Waals surface area contributed by atoms with Crippen molar-refractivity contribution < 1.29 is 31.1 Å². The second-order valence-corrected chi connectivity index (χ2v) is 7.66. The van der Waals surface area contributed by atoms with Gasteiger partial charge in [0.05, 0.1) is 23.7 Å². The molecule has 1 fully saturated rings. The Hall–Kier alpha value is -2.43. The van der Waals surface area contributed by atoms with E-state index in [0.29, 0.717) is 19.3 Å². The van der Waals surface area contributed by atoms with Crippen LogP contribution in [-0.2, 0) is 14.8 Å². The average molecular weight is 400 g/mol. The van der Waals surface area contributed by atoms with Gasteiger partial charge in [-0.05, 0) is 36.4 Å². The first-order chi connectivity index (χ1) is 12.8. The first-order valence-electron chi connectivity index (χ1n) is 7.93. The van der Waals surface area contributed by atoms with Gasteiger partial charge in [0, 0.05) is 18.8 Å². The molecule has 27 heavy (non-hydrogen) atoms. The third-order valence-corrected chi connectivity index (χ3v) is 5.91. The summed E-state index contributed by atoms with van der Waals surface area (Å²) in [7, 11) is -3.69. The van der Waals surface area contributed by atoms with Crippen molar-refractivity contribution in [3.63, 3.8) is 0 Å². The monoisotopic (exact) mass is 400 g/mol. The molecule has 0 radical (unpaired) electrons. The Morgan fingerprint density at radius 2 is 1.59 bits per heavy atom. The number of carbonyl (C=O) groups is 1. The maximum absolute atomic E-state index is 13.7.